The fraction of sp³-hybridized carbons (Fsp3) is 0.423. The first-order valence-electron chi connectivity index (χ1n) is 12.6. The number of aromatic hydroxyl groups is 4. The Morgan fingerprint density at radius 2 is 1.55 bits per heavy atom. The second-order valence-corrected chi connectivity index (χ2v) is 9.94. The highest BCUT2D eigenvalue weighted by Crippen LogP contribution is 2.50. The summed E-state index contributed by atoms with van der Waals surface area (Å²) in [4.78, 5) is 13.3. The number of aliphatic hydroxyl groups excluding tert-OH is 7. The fourth-order valence-corrected chi connectivity index (χ4v) is 4.90. The fourth-order valence-electron chi connectivity index (χ4n) is 4.90. The van der Waals surface area contributed by atoms with Crippen molar-refractivity contribution >= 4 is 11.0 Å². The van der Waals surface area contributed by atoms with E-state index in [-0.39, 0.29) is 11.3 Å². The van der Waals surface area contributed by atoms with Gasteiger partial charge in [0.05, 0.1) is 18.8 Å². The summed E-state index contributed by atoms with van der Waals surface area (Å²) < 4.78 is 22.0. The summed E-state index contributed by atoms with van der Waals surface area (Å²) in [6, 6.07) is 4.33. The van der Waals surface area contributed by atoms with Crippen molar-refractivity contribution in [2.75, 3.05) is 13.2 Å². The van der Waals surface area contributed by atoms with Gasteiger partial charge in [-0.1, -0.05) is 0 Å². The number of rotatable bonds is 5. The Balaban J connectivity index is 1.72. The van der Waals surface area contributed by atoms with E-state index in [2.05, 4.69) is 0 Å². The van der Waals surface area contributed by atoms with Crippen LogP contribution in [0.5, 0.6) is 28.7 Å². The van der Waals surface area contributed by atoms with Gasteiger partial charge in [-0.3, -0.25) is 4.79 Å². The second kappa shape index (κ2) is 11.2. The first-order chi connectivity index (χ1) is 19.8. The SMILES string of the molecule is O=c1cc(-c2ccc(O)c(O)c2)oc2c([C@@H]3OC[C@H](O)[C@H](O)[C@H]3O)c(O)c(O[C@@H]3O[C@H](CO)[C@@H](O)[C@H](O)[C@H]3O)c(O)c12. The van der Waals surface area contributed by atoms with Crippen LogP contribution in [0.4, 0.5) is 0 Å². The molecule has 0 spiro atoms. The minimum atomic E-state index is -1.99. The van der Waals surface area contributed by atoms with Gasteiger partial charge >= 0.3 is 0 Å². The zero-order valence-corrected chi connectivity index (χ0v) is 21.4. The van der Waals surface area contributed by atoms with Gasteiger partial charge in [0.15, 0.2) is 34.0 Å². The highest BCUT2D eigenvalue weighted by molar-refractivity contribution is 5.93. The van der Waals surface area contributed by atoms with Crippen molar-refractivity contribution in [2.24, 2.45) is 0 Å². The highest BCUT2D eigenvalue weighted by Gasteiger charge is 2.47. The Bertz CT molecular complexity index is 1540. The summed E-state index contributed by atoms with van der Waals surface area (Å²) in [7, 11) is 0. The van der Waals surface area contributed by atoms with Crippen molar-refractivity contribution in [2.45, 2.75) is 55.1 Å². The normalized spacial score (nSPS) is 31.7. The predicted octanol–water partition coefficient (Wildman–Crippen LogP) is -2.38. The number of phenols is 4. The first-order valence-corrected chi connectivity index (χ1v) is 12.6. The summed E-state index contributed by atoms with van der Waals surface area (Å²) in [5, 5.41) is 112. The molecule has 0 radical (unpaired) electrons. The Morgan fingerprint density at radius 3 is 2.21 bits per heavy atom. The number of benzene rings is 2. The Kier molecular flexibility index (Phi) is 7.92. The monoisotopic (exact) mass is 596 g/mol. The molecule has 16 heteroatoms. The summed E-state index contributed by atoms with van der Waals surface area (Å²) in [6.45, 7) is -1.38. The van der Waals surface area contributed by atoms with Gasteiger partial charge < -0.3 is 74.8 Å². The maximum Gasteiger partial charge on any atom is 0.229 e. The van der Waals surface area contributed by atoms with Crippen LogP contribution in [0, 0.1) is 0 Å². The molecule has 0 unspecified atom stereocenters. The van der Waals surface area contributed by atoms with Crippen LogP contribution in [-0.4, -0.2) is 118 Å². The third-order valence-corrected chi connectivity index (χ3v) is 7.24. The van der Waals surface area contributed by atoms with Crippen LogP contribution in [0.2, 0.25) is 0 Å². The molecule has 3 aromatic rings. The number of aliphatic hydroxyl groups is 7. The van der Waals surface area contributed by atoms with E-state index >= 15 is 0 Å². The average Bonchev–Trinajstić information content (AvgIpc) is 2.96. The third kappa shape index (κ3) is 4.87. The second-order valence-electron chi connectivity index (χ2n) is 9.94. The van der Waals surface area contributed by atoms with E-state index in [1.165, 1.54) is 6.07 Å². The van der Waals surface area contributed by atoms with Crippen LogP contribution in [0.1, 0.15) is 11.7 Å². The first kappa shape index (κ1) is 29.8. The molecule has 0 bridgehead atoms. The number of ether oxygens (including phenoxy) is 3. The molecule has 0 saturated carbocycles. The number of hydrogen-bond donors (Lipinski definition) is 11. The van der Waals surface area contributed by atoms with E-state index in [4.69, 9.17) is 18.6 Å². The molecule has 2 aliphatic heterocycles. The molecule has 0 aliphatic carbocycles. The molecule has 42 heavy (non-hydrogen) atoms. The molecule has 1 aromatic heterocycles. The molecule has 11 N–H and O–H groups in total. The van der Waals surface area contributed by atoms with Crippen molar-refractivity contribution in [3.63, 3.8) is 0 Å². The molecule has 2 saturated heterocycles. The van der Waals surface area contributed by atoms with E-state index in [1.807, 2.05) is 0 Å². The average molecular weight is 596 g/mol. The van der Waals surface area contributed by atoms with Crippen LogP contribution in [0.3, 0.4) is 0 Å². The van der Waals surface area contributed by atoms with Crippen molar-refractivity contribution in [3.8, 4) is 40.1 Å². The topological polar surface area (TPSA) is 280 Å². The molecule has 2 aliphatic rings. The van der Waals surface area contributed by atoms with Crippen LogP contribution >= 0.6 is 0 Å². The minimum Gasteiger partial charge on any atom is -0.504 e. The molecular formula is C26H28O16. The third-order valence-electron chi connectivity index (χ3n) is 7.24. The molecule has 0 amide bonds. The van der Waals surface area contributed by atoms with Crippen molar-refractivity contribution in [1.82, 2.24) is 0 Å². The van der Waals surface area contributed by atoms with Gasteiger partial charge in [0, 0.05) is 11.6 Å². The lowest BCUT2D eigenvalue weighted by Gasteiger charge is -2.40. The molecule has 9 atom stereocenters. The lowest BCUT2D eigenvalue weighted by atomic mass is 9.92. The number of fused-ring (bicyclic) bond motifs is 1. The van der Waals surface area contributed by atoms with Gasteiger partial charge in [-0.2, -0.15) is 0 Å². The minimum absolute atomic E-state index is 0.0662. The Labute approximate surface area is 234 Å². The quantitative estimate of drug-likeness (QED) is 0.137. The van der Waals surface area contributed by atoms with Gasteiger partial charge in [-0.05, 0) is 18.2 Å². The van der Waals surface area contributed by atoms with Crippen LogP contribution in [0.25, 0.3) is 22.3 Å². The Hall–Kier alpha value is -3.71. The zero-order valence-electron chi connectivity index (χ0n) is 21.4. The van der Waals surface area contributed by atoms with E-state index in [9.17, 15) is 61.0 Å². The zero-order chi connectivity index (χ0) is 30.6. The molecular weight excluding hydrogens is 568 g/mol. The van der Waals surface area contributed by atoms with Crippen molar-refractivity contribution in [3.05, 3.63) is 40.1 Å². The van der Waals surface area contributed by atoms with Gasteiger partial charge in [0.25, 0.3) is 0 Å². The smallest absolute Gasteiger partial charge is 0.229 e. The van der Waals surface area contributed by atoms with E-state index in [0.29, 0.717) is 0 Å². The standard InChI is InChI=1S/C26H28O16/c27-5-13-17(33)20(36)22(38)26(41-13)42-25-18(34)14-10(30)4-12(7-1-2-8(28)9(29)3-7)40-23(14)15(19(25)35)24-21(37)16(32)11(31)6-39-24/h1-4,11,13,16-17,20-22,24,26-29,31-38H,5-6H2/t11-,13+,16-,17+,20-,21+,22+,24-,26-/m0/s1. The maximum atomic E-state index is 13.3. The molecule has 3 heterocycles. The molecule has 16 nitrogen and oxygen atoms in total. The van der Waals surface area contributed by atoms with Gasteiger partial charge in [-0.25, -0.2) is 0 Å². The summed E-state index contributed by atoms with van der Waals surface area (Å²) >= 11 is 0. The van der Waals surface area contributed by atoms with Crippen molar-refractivity contribution < 1.29 is 74.8 Å². The molecule has 228 valence electrons. The van der Waals surface area contributed by atoms with Crippen LogP contribution in [0.15, 0.2) is 33.5 Å². The number of phenolic OH excluding ortho intramolecular Hbond substituents is 4. The van der Waals surface area contributed by atoms with E-state index in [0.717, 1.165) is 18.2 Å². The summed E-state index contributed by atoms with van der Waals surface area (Å²) in [5.74, 6) is -4.30. The summed E-state index contributed by atoms with van der Waals surface area (Å²) in [6.07, 6.45) is -16.0. The highest BCUT2D eigenvalue weighted by atomic mass is 16.7. The van der Waals surface area contributed by atoms with Crippen LogP contribution in [-0.2, 0) is 9.47 Å². The lowest BCUT2D eigenvalue weighted by molar-refractivity contribution is -0.277. The molecule has 5 rings (SSSR count). The van der Waals surface area contributed by atoms with E-state index in [1.54, 1.807) is 0 Å². The lowest BCUT2D eigenvalue weighted by Crippen LogP contribution is -2.60. The predicted molar refractivity (Wildman–Crippen MR) is 136 cm³/mol. The van der Waals surface area contributed by atoms with Gasteiger partial charge in [0.1, 0.15) is 60.0 Å². The largest absolute Gasteiger partial charge is 0.504 e. The summed E-state index contributed by atoms with van der Waals surface area (Å²) in [5.41, 5.74) is -2.02. The van der Waals surface area contributed by atoms with Crippen LogP contribution < -0.4 is 10.2 Å². The van der Waals surface area contributed by atoms with E-state index < -0.39 is 119 Å². The number of hydrogen-bond acceptors (Lipinski definition) is 16. The Morgan fingerprint density at radius 1 is 0.833 bits per heavy atom. The van der Waals surface area contributed by atoms with Gasteiger partial charge in [-0.15, -0.1) is 0 Å². The molecule has 2 aromatic carbocycles. The molecule has 2 fully saturated rings. The van der Waals surface area contributed by atoms with Gasteiger partial charge in [0.2, 0.25) is 12.0 Å². The maximum absolute atomic E-state index is 13.3. The van der Waals surface area contributed by atoms with Crippen molar-refractivity contribution in [1.29, 1.82) is 0 Å².